The molecule has 0 saturated carbocycles. The Morgan fingerprint density at radius 2 is 1.83 bits per heavy atom. The lowest BCUT2D eigenvalue weighted by Gasteiger charge is -2.18. The number of carbonyl (C=O) groups is 2. The third kappa shape index (κ3) is 4.26. The van der Waals surface area contributed by atoms with Crippen LogP contribution in [0.15, 0.2) is 83.2 Å². The van der Waals surface area contributed by atoms with E-state index < -0.39 is 6.04 Å². The molecule has 0 spiro atoms. The second kappa shape index (κ2) is 9.27. The number of fused-ring (bicyclic) bond motifs is 2. The van der Waals surface area contributed by atoms with Crippen molar-refractivity contribution < 1.29 is 9.59 Å². The minimum Gasteiger partial charge on any atom is -0.324 e. The number of hydrogen-bond donors (Lipinski definition) is 1. The van der Waals surface area contributed by atoms with Crippen molar-refractivity contribution in [3.8, 4) is 11.1 Å². The summed E-state index contributed by atoms with van der Waals surface area (Å²) in [4.78, 5) is 43.7. The van der Waals surface area contributed by atoms with Gasteiger partial charge in [-0.1, -0.05) is 55.5 Å². The summed E-state index contributed by atoms with van der Waals surface area (Å²) < 4.78 is 1.41. The van der Waals surface area contributed by atoms with Gasteiger partial charge < -0.3 is 5.32 Å². The lowest BCUT2D eigenvalue weighted by Crippen LogP contribution is -2.33. The van der Waals surface area contributed by atoms with Gasteiger partial charge in [-0.05, 0) is 47.9 Å². The smallest absolute Gasteiger partial charge is 0.263 e. The molecule has 1 amide bonds. The van der Waals surface area contributed by atoms with Crippen molar-refractivity contribution in [3.05, 3.63) is 94.4 Å². The first-order valence-corrected chi connectivity index (χ1v) is 12.2. The topological polar surface area (TPSA) is 81.1 Å². The first kappa shape index (κ1) is 22.7. The van der Waals surface area contributed by atoms with Crippen LogP contribution in [0.25, 0.3) is 32.1 Å². The molecule has 1 atom stereocenters. The van der Waals surface area contributed by atoms with Gasteiger partial charge in [0.15, 0.2) is 5.78 Å². The molecule has 6 nitrogen and oxygen atoms in total. The normalized spacial score (nSPS) is 12.1. The number of carbonyl (C=O) groups excluding carboxylic acids is 2. The predicted molar refractivity (Wildman–Crippen MR) is 141 cm³/mol. The largest absolute Gasteiger partial charge is 0.324 e. The molecule has 1 unspecified atom stereocenters. The molecule has 2 aromatic heterocycles. The van der Waals surface area contributed by atoms with E-state index in [1.807, 2.05) is 42.6 Å². The number of rotatable bonds is 6. The molecule has 3 aromatic carbocycles. The summed E-state index contributed by atoms with van der Waals surface area (Å²) in [6.07, 6.45) is 1.85. The van der Waals surface area contributed by atoms with E-state index in [1.54, 1.807) is 24.3 Å². The van der Waals surface area contributed by atoms with Crippen LogP contribution in [0.3, 0.4) is 0 Å². The molecule has 0 saturated heterocycles. The van der Waals surface area contributed by atoms with Crippen molar-refractivity contribution in [1.82, 2.24) is 9.55 Å². The van der Waals surface area contributed by atoms with Crippen LogP contribution in [0.5, 0.6) is 0 Å². The van der Waals surface area contributed by atoms with Crippen LogP contribution in [0.1, 0.15) is 36.7 Å². The second-order valence-corrected chi connectivity index (χ2v) is 9.26. The van der Waals surface area contributed by atoms with Crippen molar-refractivity contribution in [2.24, 2.45) is 0 Å². The minimum atomic E-state index is -0.746. The molecule has 0 aliphatic heterocycles. The summed E-state index contributed by atoms with van der Waals surface area (Å²) in [6, 6.07) is 20.2. The molecular weight excluding hydrogens is 458 g/mol. The Hall–Kier alpha value is -4.10. The molecule has 0 fully saturated rings. The zero-order valence-corrected chi connectivity index (χ0v) is 20.1. The maximum atomic E-state index is 13.7. The van der Waals surface area contributed by atoms with E-state index in [9.17, 15) is 14.4 Å². The third-order valence-corrected chi connectivity index (χ3v) is 7.03. The van der Waals surface area contributed by atoms with Crippen molar-refractivity contribution in [2.75, 3.05) is 5.32 Å². The molecule has 5 aromatic rings. The number of hydrogen-bond acceptors (Lipinski definition) is 5. The maximum Gasteiger partial charge on any atom is 0.263 e. The van der Waals surface area contributed by atoms with E-state index >= 15 is 0 Å². The SMILES string of the molecule is CCC(C(=O)Nc1cccc(C(C)=O)c1)n1cnc2scc(-c3ccc4ccccc4c3)c2c1=O. The highest BCUT2D eigenvalue weighted by Crippen LogP contribution is 2.33. The Kier molecular flexibility index (Phi) is 6.01. The summed E-state index contributed by atoms with van der Waals surface area (Å²) in [6.45, 7) is 3.33. The van der Waals surface area contributed by atoms with Gasteiger partial charge in [-0.25, -0.2) is 4.98 Å². The van der Waals surface area contributed by atoms with Gasteiger partial charge >= 0.3 is 0 Å². The average molecular weight is 482 g/mol. The summed E-state index contributed by atoms with van der Waals surface area (Å²) in [5.41, 5.74) is 2.51. The second-order valence-electron chi connectivity index (χ2n) is 8.40. The minimum absolute atomic E-state index is 0.0855. The molecule has 174 valence electrons. The molecule has 1 N–H and O–H groups in total. The van der Waals surface area contributed by atoms with Gasteiger partial charge in [0, 0.05) is 22.2 Å². The first-order valence-electron chi connectivity index (χ1n) is 11.4. The Labute approximate surface area is 205 Å². The van der Waals surface area contributed by atoms with Gasteiger partial charge in [0.25, 0.3) is 5.56 Å². The van der Waals surface area contributed by atoms with E-state index in [1.165, 1.54) is 29.2 Å². The molecule has 7 heteroatoms. The van der Waals surface area contributed by atoms with Gasteiger partial charge in [-0.3, -0.25) is 19.0 Å². The van der Waals surface area contributed by atoms with E-state index in [0.717, 1.165) is 21.9 Å². The summed E-state index contributed by atoms with van der Waals surface area (Å²) in [7, 11) is 0. The van der Waals surface area contributed by atoms with Gasteiger partial charge in [0.05, 0.1) is 11.7 Å². The predicted octanol–water partition coefficient (Wildman–Crippen LogP) is 6.07. The van der Waals surface area contributed by atoms with Crippen molar-refractivity contribution >= 4 is 49.7 Å². The van der Waals surface area contributed by atoms with Crippen LogP contribution in [-0.4, -0.2) is 21.2 Å². The Morgan fingerprint density at radius 3 is 2.60 bits per heavy atom. The number of nitrogens with zero attached hydrogens (tertiary/aromatic N) is 2. The number of amides is 1. The van der Waals surface area contributed by atoms with E-state index in [4.69, 9.17) is 0 Å². The van der Waals surface area contributed by atoms with Crippen molar-refractivity contribution in [1.29, 1.82) is 0 Å². The van der Waals surface area contributed by atoms with Crippen LogP contribution in [0.4, 0.5) is 5.69 Å². The monoisotopic (exact) mass is 481 g/mol. The van der Waals surface area contributed by atoms with E-state index in [0.29, 0.717) is 27.9 Å². The maximum absolute atomic E-state index is 13.7. The molecule has 0 aliphatic carbocycles. The molecule has 5 rings (SSSR count). The van der Waals surface area contributed by atoms with E-state index in [2.05, 4.69) is 22.4 Å². The number of benzene rings is 3. The number of Topliss-reactive ketones (excluding diaryl/α,β-unsaturated/α-hetero) is 1. The van der Waals surface area contributed by atoms with E-state index in [-0.39, 0.29) is 17.2 Å². The number of ketones is 1. The Balaban J connectivity index is 1.54. The fourth-order valence-corrected chi connectivity index (χ4v) is 5.19. The number of aromatic nitrogens is 2. The molecule has 2 heterocycles. The first-order chi connectivity index (χ1) is 17.0. The highest BCUT2D eigenvalue weighted by molar-refractivity contribution is 7.17. The Bertz CT molecular complexity index is 1650. The molecule has 0 radical (unpaired) electrons. The van der Waals surface area contributed by atoms with Crippen LogP contribution in [-0.2, 0) is 4.79 Å². The fourth-order valence-electron chi connectivity index (χ4n) is 4.29. The van der Waals surface area contributed by atoms with Crippen LogP contribution < -0.4 is 10.9 Å². The molecule has 35 heavy (non-hydrogen) atoms. The third-order valence-electron chi connectivity index (χ3n) is 6.14. The zero-order valence-electron chi connectivity index (χ0n) is 19.3. The highest BCUT2D eigenvalue weighted by atomic mass is 32.1. The highest BCUT2D eigenvalue weighted by Gasteiger charge is 2.23. The van der Waals surface area contributed by atoms with Gasteiger partial charge in [0.1, 0.15) is 10.9 Å². The van der Waals surface area contributed by atoms with Crippen molar-refractivity contribution in [2.45, 2.75) is 26.3 Å². The molecular formula is C28H23N3O3S. The number of thiophene rings is 1. The van der Waals surface area contributed by atoms with Gasteiger partial charge in [-0.2, -0.15) is 0 Å². The summed E-state index contributed by atoms with van der Waals surface area (Å²) in [5, 5.41) is 7.52. The lowest BCUT2D eigenvalue weighted by atomic mass is 10.0. The summed E-state index contributed by atoms with van der Waals surface area (Å²) in [5.74, 6) is -0.420. The Morgan fingerprint density at radius 1 is 1.03 bits per heavy atom. The molecule has 0 bridgehead atoms. The zero-order chi connectivity index (χ0) is 24.5. The molecule has 0 aliphatic rings. The number of nitrogens with one attached hydrogen (secondary N) is 1. The van der Waals surface area contributed by atoms with Gasteiger partial charge in [-0.15, -0.1) is 11.3 Å². The summed E-state index contributed by atoms with van der Waals surface area (Å²) >= 11 is 1.41. The average Bonchev–Trinajstić information content (AvgIpc) is 3.31. The quantitative estimate of drug-likeness (QED) is 0.299. The van der Waals surface area contributed by atoms with Crippen LogP contribution in [0.2, 0.25) is 0 Å². The lowest BCUT2D eigenvalue weighted by molar-refractivity contribution is -0.119. The van der Waals surface area contributed by atoms with Crippen LogP contribution >= 0.6 is 11.3 Å². The number of anilines is 1. The van der Waals surface area contributed by atoms with Crippen molar-refractivity contribution in [3.63, 3.8) is 0 Å². The standard InChI is InChI=1S/C28H23N3O3S/c1-3-24(26(33)30-22-10-6-9-19(14-22)17(2)32)31-16-29-27-25(28(31)34)23(15-35-27)21-12-11-18-7-4-5-8-20(18)13-21/h4-16,24H,3H2,1-2H3,(H,30,33). The van der Waals surface area contributed by atoms with Gasteiger partial charge in [0.2, 0.25) is 5.91 Å². The fraction of sp³-hybridized carbons (Fsp3) is 0.143. The van der Waals surface area contributed by atoms with Crippen LogP contribution in [0, 0.1) is 0 Å².